The number of rotatable bonds is 14. The van der Waals surface area contributed by atoms with Crippen LogP contribution in [-0.4, -0.2) is 28.6 Å². The predicted molar refractivity (Wildman–Crippen MR) is 126 cm³/mol. The monoisotopic (exact) mass is 424 g/mol. The molecule has 1 atom stereocenters. The van der Waals surface area contributed by atoms with Crippen molar-refractivity contribution in [3.63, 3.8) is 0 Å². The van der Waals surface area contributed by atoms with Gasteiger partial charge in [-0.1, -0.05) is 82.2 Å². The molecule has 5 heteroatoms. The van der Waals surface area contributed by atoms with E-state index in [2.05, 4.69) is 16.9 Å². The van der Waals surface area contributed by atoms with Gasteiger partial charge < -0.3 is 9.47 Å². The molecule has 0 saturated carbocycles. The zero-order valence-corrected chi connectivity index (χ0v) is 19.2. The quantitative estimate of drug-likeness (QED) is 0.252. The Bertz CT molecular complexity index is 785. The molecule has 0 aliphatic carbocycles. The predicted octanol–water partition coefficient (Wildman–Crippen LogP) is 6.63. The standard InChI is InChI=1S/C26H36N2O3/c1-4-5-6-7-8-9-10-11-18-30-25-19-27-26(28-20-25)24-16-14-23(15-17-24)13-12-21(2)31-22(3)29/h12-17,19-21H,4-11,18H2,1-3H3. The van der Waals surface area contributed by atoms with Gasteiger partial charge in [0.15, 0.2) is 11.6 Å². The topological polar surface area (TPSA) is 61.3 Å². The van der Waals surface area contributed by atoms with Crippen molar-refractivity contribution < 1.29 is 14.3 Å². The first kappa shape index (κ1) is 24.6. The van der Waals surface area contributed by atoms with E-state index >= 15 is 0 Å². The van der Waals surface area contributed by atoms with Crippen LogP contribution in [0.25, 0.3) is 17.5 Å². The van der Waals surface area contributed by atoms with E-state index in [1.165, 1.54) is 51.9 Å². The van der Waals surface area contributed by atoms with Crippen molar-refractivity contribution >= 4 is 12.0 Å². The highest BCUT2D eigenvalue weighted by atomic mass is 16.5. The number of hydrogen-bond donors (Lipinski definition) is 0. The van der Waals surface area contributed by atoms with Gasteiger partial charge in [-0.25, -0.2) is 9.97 Å². The lowest BCUT2D eigenvalue weighted by atomic mass is 10.1. The smallest absolute Gasteiger partial charge is 0.303 e. The molecule has 1 unspecified atom stereocenters. The van der Waals surface area contributed by atoms with Crippen LogP contribution in [0.5, 0.6) is 5.75 Å². The molecule has 2 rings (SSSR count). The minimum atomic E-state index is -0.283. The van der Waals surface area contributed by atoms with Crippen LogP contribution in [0.2, 0.25) is 0 Å². The number of carbonyl (C=O) groups is 1. The molecule has 0 bridgehead atoms. The largest absolute Gasteiger partial charge is 0.490 e. The number of carbonyl (C=O) groups excluding carboxylic acids is 1. The van der Waals surface area contributed by atoms with Crippen LogP contribution in [0.3, 0.4) is 0 Å². The van der Waals surface area contributed by atoms with Crippen LogP contribution < -0.4 is 4.74 Å². The van der Waals surface area contributed by atoms with Crippen LogP contribution in [-0.2, 0) is 9.53 Å². The van der Waals surface area contributed by atoms with Gasteiger partial charge in [-0.05, 0) is 25.0 Å². The number of unbranched alkanes of at least 4 members (excludes halogenated alkanes) is 7. The second-order valence-corrected chi connectivity index (χ2v) is 7.86. The number of hydrogen-bond acceptors (Lipinski definition) is 5. The van der Waals surface area contributed by atoms with Crippen molar-refractivity contribution in [2.75, 3.05) is 6.61 Å². The van der Waals surface area contributed by atoms with Crippen LogP contribution in [0.4, 0.5) is 0 Å². The highest BCUT2D eigenvalue weighted by Crippen LogP contribution is 2.18. The lowest BCUT2D eigenvalue weighted by molar-refractivity contribution is -0.143. The molecule has 168 valence electrons. The summed E-state index contributed by atoms with van der Waals surface area (Å²) >= 11 is 0. The van der Waals surface area contributed by atoms with Crippen LogP contribution in [0.15, 0.2) is 42.7 Å². The summed E-state index contributed by atoms with van der Waals surface area (Å²) in [6, 6.07) is 7.93. The Morgan fingerprint density at radius 2 is 1.58 bits per heavy atom. The van der Waals surface area contributed by atoms with Gasteiger partial charge in [-0.3, -0.25) is 4.79 Å². The molecule has 0 aliphatic heterocycles. The summed E-state index contributed by atoms with van der Waals surface area (Å²) in [5.74, 6) is 1.10. The normalized spacial score (nSPS) is 12.1. The van der Waals surface area contributed by atoms with Gasteiger partial charge in [-0.15, -0.1) is 0 Å². The van der Waals surface area contributed by atoms with E-state index in [0.29, 0.717) is 18.2 Å². The van der Waals surface area contributed by atoms with Gasteiger partial charge in [0.2, 0.25) is 0 Å². The molecule has 2 aromatic rings. The zero-order chi connectivity index (χ0) is 22.3. The average Bonchev–Trinajstić information content (AvgIpc) is 2.77. The molecule has 1 aromatic carbocycles. The molecule has 0 fully saturated rings. The first-order valence-electron chi connectivity index (χ1n) is 11.5. The van der Waals surface area contributed by atoms with Crippen molar-refractivity contribution in [3.05, 3.63) is 48.3 Å². The van der Waals surface area contributed by atoms with Crippen LogP contribution in [0, 0.1) is 0 Å². The summed E-state index contributed by atoms with van der Waals surface area (Å²) in [6.07, 6.45) is 17.3. The van der Waals surface area contributed by atoms with Gasteiger partial charge in [0, 0.05) is 12.5 Å². The maximum absolute atomic E-state index is 11.0. The minimum absolute atomic E-state index is 0.251. The highest BCUT2D eigenvalue weighted by Gasteiger charge is 2.03. The summed E-state index contributed by atoms with van der Waals surface area (Å²) in [5, 5.41) is 0. The van der Waals surface area contributed by atoms with E-state index < -0.39 is 0 Å². The Hall–Kier alpha value is -2.69. The molecule has 31 heavy (non-hydrogen) atoms. The molecule has 0 radical (unpaired) electrons. The maximum atomic E-state index is 11.0. The summed E-state index contributed by atoms with van der Waals surface area (Å²) in [5.41, 5.74) is 1.97. The fourth-order valence-electron chi connectivity index (χ4n) is 3.26. The molecule has 1 aromatic heterocycles. The van der Waals surface area contributed by atoms with Crippen molar-refractivity contribution in [2.24, 2.45) is 0 Å². The highest BCUT2D eigenvalue weighted by molar-refractivity contribution is 5.66. The third-order valence-corrected chi connectivity index (χ3v) is 4.98. The fraction of sp³-hybridized carbons (Fsp3) is 0.500. The van der Waals surface area contributed by atoms with Crippen molar-refractivity contribution in [1.82, 2.24) is 9.97 Å². The van der Waals surface area contributed by atoms with Crippen molar-refractivity contribution in [2.45, 2.75) is 78.2 Å². The number of ether oxygens (including phenoxy) is 2. The van der Waals surface area contributed by atoms with Crippen molar-refractivity contribution in [3.8, 4) is 17.1 Å². The third-order valence-electron chi connectivity index (χ3n) is 4.98. The Kier molecular flexibility index (Phi) is 11.4. The van der Waals surface area contributed by atoms with E-state index in [1.54, 1.807) is 12.4 Å². The van der Waals surface area contributed by atoms with E-state index in [0.717, 1.165) is 17.5 Å². The number of benzene rings is 1. The molecule has 0 aliphatic rings. The lowest BCUT2D eigenvalue weighted by Crippen LogP contribution is -2.08. The van der Waals surface area contributed by atoms with Gasteiger partial charge in [-0.2, -0.15) is 0 Å². The maximum Gasteiger partial charge on any atom is 0.303 e. The summed E-state index contributed by atoms with van der Waals surface area (Å²) in [6.45, 7) is 6.20. The molecule has 5 nitrogen and oxygen atoms in total. The summed E-state index contributed by atoms with van der Waals surface area (Å²) < 4.78 is 10.9. The number of nitrogens with zero attached hydrogens (tertiary/aromatic N) is 2. The molecule has 1 heterocycles. The van der Waals surface area contributed by atoms with Gasteiger partial charge in [0.05, 0.1) is 19.0 Å². The molecular weight excluding hydrogens is 388 g/mol. The Balaban J connectivity index is 1.72. The van der Waals surface area contributed by atoms with E-state index in [4.69, 9.17) is 9.47 Å². The zero-order valence-electron chi connectivity index (χ0n) is 19.2. The SMILES string of the molecule is CCCCCCCCCCOc1cnc(-c2ccc(C=CC(C)OC(C)=O)cc2)nc1. The van der Waals surface area contributed by atoms with Gasteiger partial charge >= 0.3 is 5.97 Å². The van der Waals surface area contributed by atoms with Crippen LogP contribution >= 0.6 is 0 Å². The Morgan fingerprint density at radius 3 is 2.19 bits per heavy atom. The summed E-state index contributed by atoms with van der Waals surface area (Å²) in [4.78, 5) is 19.8. The summed E-state index contributed by atoms with van der Waals surface area (Å²) in [7, 11) is 0. The van der Waals surface area contributed by atoms with E-state index in [1.807, 2.05) is 43.3 Å². The molecular formula is C26H36N2O3. The third kappa shape index (κ3) is 10.3. The van der Waals surface area contributed by atoms with E-state index in [-0.39, 0.29) is 12.1 Å². The Morgan fingerprint density at radius 1 is 0.968 bits per heavy atom. The first-order valence-corrected chi connectivity index (χ1v) is 11.5. The lowest BCUT2D eigenvalue weighted by Gasteiger charge is -2.07. The second-order valence-electron chi connectivity index (χ2n) is 7.86. The molecule has 0 N–H and O–H groups in total. The van der Waals surface area contributed by atoms with Gasteiger partial charge in [0.25, 0.3) is 0 Å². The van der Waals surface area contributed by atoms with Crippen LogP contribution in [0.1, 0.15) is 77.7 Å². The number of aromatic nitrogens is 2. The van der Waals surface area contributed by atoms with E-state index in [9.17, 15) is 4.79 Å². The number of esters is 1. The average molecular weight is 425 g/mol. The Labute approximate surface area is 186 Å². The first-order chi connectivity index (χ1) is 15.1. The molecule has 0 spiro atoms. The second kappa shape index (κ2) is 14.3. The minimum Gasteiger partial charge on any atom is -0.490 e. The molecule has 0 amide bonds. The fourth-order valence-corrected chi connectivity index (χ4v) is 3.26. The molecule has 0 saturated heterocycles. The van der Waals surface area contributed by atoms with Gasteiger partial charge in [0.1, 0.15) is 6.10 Å². The van der Waals surface area contributed by atoms with Crippen molar-refractivity contribution in [1.29, 1.82) is 0 Å².